The van der Waals surface area contributed by atoms with E-state index in [-0.39, 0.29) is 12.5 Å². The van der Waals surface area contributed by atoms with Crippen molar-refractivity contribution < 1.29 is 14.2 Å². The van der Waals surface area contributed by atoms with Crippen LogP contribution in [0.25, 0.3) is 0 Å². The van der Waals surface area contributed by atoms with Gasteiger partial charge in [-0.2, -0.15) is 4.57 Å². The van der Waals surface area contributed by atoms with Gasteiger partial charge in [-0.05, 0) is 30.7 Å². The molecule has 1 aromatic carbocycles. The molecule has 0 unspecified atom stereocenters. The average Bonchev–Trinajstić information content (AvgIpc) is 2.43. The largest absolute Gasteiger partial charge is 0.365 e. The molecule has 0 radical (unpaired) electrons. The molecule has 0 saturated heterocycles. The summed E-state index contributed by atoms with van der Waals surface area (Å²) in [7, 11) is 0. The predicted octanol–water partition coefficient (Wildman–Crippen LogP) is 1.67. The van der Waals surface area contributed by atoms with Gasteiger partial charge in [-0.1, -0.05) is 17.7 Å². The molecular weight excluding hydrogens is 290 g/mol. The topological polar surface area (TPSA) is 76.1 Å². The summed E-state index contributed by atoms with van der Waals surface area (Å²) in [5.41, 5.74) is 7.14. The van der Waals surface area contributed by atoms with Gasteiger partial charge in [0.05, 0.1) is 0 Å². The number of aryl methyl sites for hydroxylation is 1. The SMILES string of the molecule is Cc1ccc(Cl)cc1NC(=O)C[n+]1cccc(C(N)=O)c1. The smallest absolute Gasteiger partial charge is 0.290 e. The number of nitrogens with one attached hydrogen (secondary N) is 1. The number of hydrogen-bond donors (Lipinski definition) is 2. The minimum absolute atomic E-state index is 0.0765. The van der Waals surface area contributed by atoms with Gasteiger partial charge >= 0.3 is 0 Å². The Bertz CT molecular complexity index is 701. The van der Waals surface area contributed by atoms with Crippen molar-refractivity contribution in [2.45, 2.75) is 13.5 Å². The van der Waals surface area contributed by atoms with Gasteiger partial charge in [0.25, 0.3) is 11.8 Å². The van der Waals surface area contributed by atoms with E-state index in [9.17, 15) is 9.59 Å². The van der Waals surface area contributed by atoms with E-state index < -0.39 is 5.91 Å². The summed E-state index contributed by atoms with van der Waals surface area (Å²) >= 11 is 5.91. The third-order valence-corrected chi connectivity index (χ3v) is 3.18. The first kappa shape index (κ1) is 15.0. The lowest BCUT2D eigenvalue weighted by Crippen LogP contribution is -2.40. The lowest BCUT2D eigenvalue weighted by atomic mass is 10.2. The van der Waals surface area contributed by atoms with Gasteiger partial charge in [0, 0.05) is 16.8 Å². The molecule has 2 amide bonds. The Morgan fingerprint density at radius 2 is 2.10 bits per heavy atom. The van der Waals surface area contributed by atoms with Crippen molar-refractivity contribution in [3.05, 3.63) is 58.9 Å². The Balaban J connectivity index is 2.10. The second-order valence-corrected chi connectivity index (χ2v) is 5.07. The number of benzene rings is 1. The Morgan fingerprint density at radius 3 is 2.81 bits per heavy atom. The number of primary amides is 1. The average molecular weight is 305 g/mol. The van der Waals surface area contributed by atoms with Crippen molar-refractivity contribution in [2.75, 3.05) is 5.32 Å². The zero-order chi connectivity index (χ0) is 15.4. The van der Waals surface area contributed by atoms with Crippen LogP contribution < -0.4 is 15.6 Å². The summed E-state index contributed by atoms with van der Waals surface area (Å²) in [4.78, 5) is 23.1. The van der Waals surface area contributed by atoms with Crippen LogP contribution in [0.1, 0.15) is 15.9 Å². The van der Waals surface area contributed by atoms with E-state index in [0.29, 0.717) is 16.3 Å². The molecule has 108 valence electrons. The first-order chi connectivity index (χ1) is 9.95. The molecule has 0 atom stereocenters. The highest BCUT2D eigenvalue weighted by molar-refractivity contribution is 6.31. The number of carbonyl (C=O) groups excluding carboxylic acids is 2. The molecule has 3 N–H and O–H groups in total. The summed E-state index contributed by atoms with van der Waals surface area (Å²) in [6.45, 7) is 1.96. The molecule has 0 fully saturated rings. The van der Waals surface area contributed by atoms with Crippen LogP contribution in [0.2, 0.25) is 5.02 Å². The minimum atomic E-state index is -0.532. The van der Waals surface area contributed by atoms with Gasteiger partial charge in [-0.15, -0.1) is 0 Å². The molecule has 0 aliphatic carbocycles. The number of rotatable bonds is 4. The molecule has 2 aromatic rings. The summed E-state index contributed by atoms with van der Waals surface area (Å²) < 4.78 is 1.59. The zero-order valence-corrected chi connectivity index (χ0v) is 12.2. The minimum Gasteiger partial charge on any atom is -0.365 e. The van der Waals surface area contributed by atoms with E-state index >= 15 is 0 Å². The maximum absolute atomic E-state index is 12.0. The lowest BCUT2D eigenvalue weighted by molar-refractivity contribution is -0.684. The predicted molar refractivity (Wildman–Crippen MR) is 80.0 cm³/mol. The molecule has 21 heavy (non-hydrogen) atoms. The van der Waals surface area contributed by atoms with Crippen LogP contribution >= 0.6 is 11.6 Å². The molecule has 0 aliphatic rings. The van der Waals surface area contributed by atoms with Gasteiger partial charge in [-0.25, -0.2) is 0 Å². The molecule has 0 spiro atoms. The molecule has 1 heterocycles. The zero-order valence-electron chi connectivity index (χ0n) is 11.5. The Kier molecular flexibility index (Phi) is 4.55. The van der Waals surface area contributed by atoms with Crippen molar-refractivity contribution in [1.82, 2.24) is 0 Å². The standard InChI is InChI=1S/C15H14ClN3O2/c1-10-4-5-12(16)7-13(10)18-14(20)9-19-6-2-3-11(8-19)15(17)21/h2-8H,9H2,1H3,(H2-,17,18,20,21)/p+1. The summed E-state index contributed by atoms with van der Waals surface area (Å²) in [5.74, 6) is -0.748. The maximum atomic E-state index is 12.0. The van der Waals surface area contributed by atoms with E-state index in [0.717, 1.165) is 5.56 Å². The van der Waals surface area contributed by atoms with Crippen molar-refractivity contribution in [3.8, 4) is 0 Å². The van der Waals surface area contributed by atoms with Crippen molar-refractivity contribution in [2.24, 2.45) is 5.73 Å². The van der Waals surface area contributed by atoms with Crippen LogP contribution in [-0.2, 0) is 11.3 Å². The molecule has 0 bridgehead atoms. The maximum Gasteiger partial charge on any atom is 0.290 e. The van der Waals surface area contributed by atoms with Gasteiger partial charge in [-0.3, -0.25) is 9.59 Å². The number of anilines is 1. The second kappa shape index (κ2) is 6.37. The number of hydrogen-bond acceptors (Lipinski definition) is 2. The quantitative estimate of drug-likeness (QED) is 0.843. The normalized spacial score (nSPS) is 10.2. The van der Waals surface area contributed by atoms with Crippen molar-refractivity contribution >= 4 is 29.1 Å². The third kappa shape index (κ3) is 4.03. The van der Waals surface area contributed by atoms with Crippen molar-refractivity contribution in [3.63, 3.8) is 0 Å². The molecule has 0 saturated carbocycles. The molecule has 2 rings (SSSR count). The number of amides is 2. The highest BCUT2D eigenvalue weighted by atomic mass is 35.5. The number of halogens is 1. The van der Waals surface area contributed by atoms with Crippen LogP contribution in [-0.4, -0.2) is 11.8 Å². The molecular formula is C15H15ClN3O2+. The summed E-state index contributed by atoms with van der Waals surface area (Å²) in [6, 6.07) is 8.55. The number of aromatic nitrogens is 1. The monoisotopic (exact) mass is 304 g/mol. The van der Waals surface area contributed by atoms with E-state index in [1.54, 1.807) is 35.0 Å². The van der Waals surface area contributed by atoms with E-state index in [1.165, 1.54) is 6.20 Å². The Hall–Kier alpha value is -2.40. The molecule has 5 nitrogen and oxygen atoms in total. The number of carbonyl (C=O) groups is 2. The number of nitrogens with zero attached hydrogens (tertiary/aromatic N) is 1. The van der Waals surface area contributed by atoms with Crippen LogP contribution in [0.5, 0.6) is 0 Å². The molecule has 0 aliphatic heterocycles. The highest BCUT2D eigenvalue weighted by Gasteiger charge is 2.13. The van der Waals surface area contributed by atoms with Crippen LogP contribution in [0.3, 0.4) is 0 Å². The summed E-state index contributed by atoms with van der Waals surface area (Å²) in [5, 5.41) is 3.34. The van der Waals surface area contributed by atoms with Gasteiger partial charge < -0.3 is 11.1 Å². The number of pyridine rings is 1. The van der Waals surface area contributed by atoms with Crippen LogP contribution in [0.15, 0.2) is 42.7 Å². The lowest BCUT2D eigenvalue weighted by Gasteiger charge is -2.07. The summed E-state index contributed by atoms with van der Waals surface area (Å²) in [6.07, 6.45) is 3.23. The first-order valence-electron chi connectivity index (χ1n) is 6.30. The highest BCUT2D eigenvalue weighted by Crippen LogP contribution is 2.19. The van der Waals surface area contributed by atoms with Crippen LogP contribution in [0.4, 0.5) is 5.69 Å². The van der Waals surface area contributed by atoms with Gasteiger partial charge in [0.2, 0.25) is 6.54 Å². The Labute approximate surface area is 127 Å². The van der Waals surface area contributed by atoms with Gasteiger partial charge in [0.1, 0.15) is 5.56 Å². The fourth-order valence-corrected chi connectivity index (χ4v) is 2.02. The molecule has 6 heteroatoms. The van der Waals surface area contributed by atoms with E-state index in [1.807, 2.05) is 13.0 Å². The van der Waals surface area contributed by atoms with E-state index in [2.05, 4.69) is 5.32 Å². The molecule has 1 aromatic heterocycles. The Morgan fingerprint density at radius 1 is 1.33 bits per heavy atom. The fraction of sp³-hybridized carbons (Fsp3) is 0.133. The van der Waals surface area contributed by atoms with E-state index in [4.69, 9.17) is 17.3 Å². The van der Waals surface area contributed by atoms with Crippen LogP contribution in [0, 0.1) is 6.92 Å². The third-order valence-electron chi connectivity index (χ3n) is 2.94. The first-order valence-corrected chi connectivity index (χ1v) is 6.68. The van der Waals surface area contributed by atoms with Crippen molar-refractivity contribution in [1.29, 1.82) is 0 Å². The van der Waals surface area contributed by atoms with Gasteiger partial charge in [0.15, 0.2) is 12.4 Å². The second-order valence-electron chi connectivity index (χ2n) is 4.64. The fourth-order valence-electron chi connectivity index (χ4n) is 1.85. The number of nitrogens with two attached hydrogens (primary N) is 1.